The van der Waals surface area contributed by atoms with E-state index in [1.165, 1.54) is 0 Å². The summed E-state index contributed by atoms with van der Waals surface area (Å²) in [6.45, 7) is 0. The quantitative estimate of drug-likeness (QED) is 0.413. The SMILES string of the molecule is O=Cc1ccc(OS(=O)(=O)C(F)(F)C(F)(F)C(F)(F)C(F)(F)F)cc1. The number of aldehydes is 1. The van der Waals surface area contributed by atoms with Gasteiger partial charge in [-0.05, 0) is 24.3 Å². The van der Waals surface area contributed by atoms with E-state index in [2.05, 4.69) is 4.18 Å². The normalized spacial score (nSPS) is 14.3. The van der Waals surface area contributed by atoms with Gasteiger partial charge in [0.2, 0.25) is 0 Å². The number of carbonyl (C=O) groups is 1. The van der Waals surface area contributed by atoms with E-state index in [0.717, 1.165) is 12.1 Å². The molecule has 0 amide bonds. The van der Waals surface area contributed by atoms with Crippen LogP contribution in [0.15, 0.2) is 24.3 Å². The van der Waals surface area contributed by atoms with Gasteiger partial charge in [0.25, 0.3) is 0 Å². The second-order valence-electron chi connectivity index (χ2n) is 4.39. The summed E-state index contributed by atoms with van der Waals surface area (Å²) in [6.07, 6.45) is -6.95. The lowest BCUT2D eigenvalue weighted by Crippen LogP contribution is -2.63. The second kappa shape index (κ2) is 6.07. The number of benzene rings is 1. The molecule has 0 radical (unpaired) electrons. The van der Waals surface area contributed by atoms with Crippen molar-refractivity contribution in [1.82, 2.24) is 0 Å². The van der Waals surface area contributed by atoms with Gasteiger partial charge in [-0.1, -0.05) is 0 Å². The minimum absolute atomic E-state index is 0.134. The van der Waals surface area contributed by atoms with Crippen molar-refractivity contribution >= 4 is 16.4 Å². The molecule has 0 aromatic heterocycles. The molecule has 0 saturated carbocycles. The summed E-state index contributed by atoms with van der Waals surface area (Å²) in [5, 5.41) is -6.94. The highest BCUT2D eigenvalue weighted by atomic mass is 32.2. The molecular formula is C11H5F9O4S. The number of hydrogen-bond donors (Lipinski definition) is 0. The van der Waals surface area contributed by atoms with Gasteiger partial charge in [-0.25, -0.2) is 0 Å². The van der Waals surface area contributed by atoms with E-state index in [1.807, 2.05) is 0 Å². The van der Waals surface area contributed by atoms with Gasteiger partial charge in [0, 0.05) is 5.56 Å². The fourth-order valence-corrected chi connectivity index (χ4v) is 2.21. The highest BCUT2D eigenvalue weighted by Crippen LogP contribution is 2.54. The number of rotatable bonds is 6. The van der Waals surface area contributed by atoms with Crippen molar-refractivity contribution in [2.24, 2.45) is 0 Å². The first-order valence-corrected chi connectivity index (χ1v) is 7.11. The molecule has 142 valence electrons. The fourth-order valence-electron chi connectivity index (χ4n) is 1.30. The van der Waals surface area contributed by atoms with Crippen LogP contribution in [0.1, 0.15) is 10.4 Å². The van der Waals surface area contributed by atoms with E-state index in [0.29, 0.717) is 12.1 Å². The minimum Gasteiger partial charge on any atom is -0.378 e. The van der Waals surface area contributed by atoms with Gasteiger partial charge in [-0.2, -0.15) is 47.9 Å². The van der Waals surface area contributed by atoms with Gasteiger partial charge < -0.3 is 4.18 Å². The standard InChI is InChI=1S/C11H5F9O4S/c12-8(13,10(16,17)18)9(14,15)11(19,20)25(22,23)24-7-3-1-6(5-21)2-4-7/h1-5H. The van der Waals surface area contributed by atoms with Crippen molar-refractivity contribution in [1.29, 1.82) is 0 Å². The number of hydrogen-bond acceptors (Lipinski definition) is 4. The zero-order chi connectivity index (χ0) is 19.9. The van der Waals surface area contributed by atoms with Crippen LogP contribution in [0, 0.1) is 0 Å². The Kier molecular flexibility index (Phi) is 5.11. The third-order valence-corrected chi connectivity index (χ3v) is 3.95. The van der Waals surface area contributed by atoms with Crippen molar-refractivity contribution in [2.75, 3.05) is 0 Å². The van der Waals surface area contributed by atoms with E-state index in [4.69, 9.17) is 0 Å². The smallest absolute Gasteiger partial charge is 0.378 e. The van der Waals surface area contributed by atoms with Crippen molar-refractivity contribution < 1.29 is 56.9 Å². The van der Waals surface area contributed by atoms with Crippen LogP contribution in [0.4, 0.5) is 39.5 Å². The molecule has 0 saturated heterocycles. The predicted molar refractivity (Wildman–Crippen MR) is 62.3 cm³/mol. The van der Waals surface area contributed by atoms with Crippen LogP contribution < -0.4 is 4.18 Å². The largest absolute Gasteiger partial charge is 0.460 e. The van der Waals surface area contributed by atoms with Gasteiger partial charge >= 0.3 is 33.4 Å². The predicted octanol–water partition coefficient (Wildman–Crippen LogP) is 3.63. The maximum absolute atomic E-state index is 13.3. The lowest BCUT2D eigenvalue weighted by molar-refractivity contribution is -0.382. The first kappa shape index (κ1) is 21.1. The summed E-state index contributed by atoms with van der Waals surface area (Å²) in [6, 6.07) is 2.58. The van der Waals surface area contributed by atoms with Crippen LogP contribution in [-0.2, 0) is 10.1 Å². The maximum Gasteiger partial charge on any atom is 0.460 e. The molecule has 0 spiro atoms. The third kappa shape index (κ3) is 3.39. The molecule has 0 bridgehead atoms. The molecule has 1 aromatic rings. The topological polar surface area (TPSA) is 60.4 Å². The molecule has 25 heavy (non-hydrogen) atoms. The number of halogens is 9. The third-order valence-electron chi connectivity index (χ3n) is 2.65. The number of carbonyl (C=O) groups excluding carboxylic acids is 1. The Morgan fingerprint density at radius 3 is 1.60 bits per heavy atom. The summed E-state index contributed by atoms with van der Waals surface area (Å²) < 4.78 is 140. The van der Waals surface area contributed by atoms with Crippen molar-refractivity contribution in [3.63, 3.8) is 0 Å². The van der Waals surface area contributed by atoms with Crippen molar-refractivity contribution in [3.05, 3.63) is 29.8 Å². The lowest BCUT2D eigenvalue weighted by Gasteiger charge is -2.32. The second-order valence-corrected chi connectivity index (χ2v) is 5.98. The van der Waals surface area contributed by atoms with E-state index in [1.54, 1.807) is 0 Å². The van der Waals surface area contributed by atoms with Crippen molar-refractivity contribution in [3.8, 4) is 5.75 Å². The van der Waals surface area contributed by atoms with E-state index in [9.17, 15) is 52.7 Å². The Hall–Kier alpha value is -1.99. The monoisotopic (exact) mass is 404 g/mol. The molecular weight excluding hydrogens is 399 g/mol. The maximum atomic E-state index is 13.3. The Morgan fingerprint density at radius 2 is 1.24 bits per heavy atom. The molecule has 14 heteroatoms. The molecule has 0 atom stereocenters. The Balaban J connectivity index is 3.31. The summed E-state index contributed by atoms with van der Waals surface area (Å²) >= 11 is 0. The molecule has 0 unspecified atom stereocenters. The van der Waals surface area contributed by atoms with Gasteiger partial charge in [0.15, 0.2) is 0 Å². The van der Waals surface area contributed by atoms with Crippen molar-refractivity contribution in [2.45, 2.75) is 23.3 Å². The van der Waals surface area contributed by atoms with Gasteiger partial charge in [0.1, 0.15) is 12.0 Å². The van der Waals surface area contributed by atoms with Crippen LogP contribution in [0.3, 0.4) is 0 Å². The van der Waals surface area contributed by atoms with Crippen LogP contribution in [0.5, 0.6) is 5.75 Å². The molecule has 0 aliphatic heterocycles. The minimum atomic E-state index is -7.38. The molecule has 0 heterocycles. The average molecular weight is 404 g/mol. The highest BCUT2D eigenvalue weighted by molar-refractivity contribution is 7.88. The molecule has 1 rings (SSSR count). The lowest BCUT2D eigenvalue weighted by atomic mass is 10.1. The van der Waals surface area contributed by atoms with Crippen LogP contribution in [0.25, 0.3) is 0 Å². The zero-order valence-corrected chi connectivity index (χ0v) is 12.1. The van der Waals surface area contributed by atoms with Gasteiger partial charge in [0.05, 0.1) is 0 Å². The molecule has 0 aliphatic rings. The molecule has 0 N–H and O–H groups in total. The first-order valence-electron chi connectivity index (χ1n) is 5.70. The summed E-state index contributed by atoms with van der Waals surface area (Å²) in [7, 11) is -6.99. The van der Waals surface area contributed by atoms with Crippen LogP contribution in [-0.4, -0.2) is 38.0 Å². The Morgan fingerprint density at radius 1 is 0.800 bits per heavy atom. The summed E-state index contributed by atoms with van der Waals surface area (Å²) in [5.41, 5.74) is -0.134. The Labute approximate surface area is 133 Å². The first-order chi connectivity index (χ1) is 11.0. The van der Waals surface area contributed by atoms with Gasteiger partial charge in [-0.15, -0.1) is 0 Å². The van der Waals surface area contributed by atoms with Gasteiger partial charge in [-0.3, -0.25) is 4.79 Å². The zero-order valence-electron chi connectivity index (χ0n) is 11.3. The van der Waals surface area contributed by atoms with Crippen LogP contribution >= 0.6 is 0 Å². The van der Waals surface area contributed by atoms with E-state index >= 15 is 0 Å². The Bertz CT molecular complexity index is 738. The number of alkyl halides is 9. The molecule has 0 fully saturated rings. The summed E-state index contributed by atoms with van der Waals surface area (Å²) in [5.74, 6) is -15.9. The molecule has 1 aromatic carbocycles. The van der Waals surface area contributed by atoms with E-state index in [-0.39, 0.29) is 11.8 Å². The van der Waals surface area contributed by atoms with Crippen LogP contribution in [0.2, 0.25) is 0 Å². The molecule has 4 nitrogen and oxygen atoms in total. The summed E-state index contributed by atoms with van der Waals surface area (Å²) in [4.78, 5) is 10.3. The average Bonchev–Trinajstić information content (AvgIpc) is 2.45. The highest BCUT2D eigenvalue weighted by Gasteiger charge is 2.86. The molecule has 0 aliphatic carbocycles. The fraction of sp³-hybridized carbons (Fsp3) is 0.364. The van der Waals surface area contributed by atoms with E-state index < -0.39 is 39.1 Å².